The number of rotatable bonds is 5. The third kappa shape index (κ3) is 3.66. The summed E-state index contributed by atoms with van der Waals surface area (Å²) in [6.45, 7) is 3.34. The molecule has 0 radical (unpaired) electrons. The highest BCUT2D eigenvalue weighted by molar-refractivity contribution is 5.93. The maximum Gasteiger partial charge on any atom is 0.338 e. The number of hydrogen-bond donors (Lipinski definition) is 2. The summed E-state index contributed by atoms with van der Waals surface area (Å²) in [5, 5.41) is 20.1. The number of phenolic OH excluding ortho intramolecular Hbond substituents is 1. The molecule has 32 heavy (non-hydrogen) atoms. The number of ether oxygens (including phenoxy) is 3. The molecule has 1 saturated carbocycles. The van der Waals surface area contributed by atoms with Gasteiger partial charge in [0.1, 0.15) is 18.5 Å². The largest absolute Gasteiger partial charge is 0.508 e. The molecule has 4 atom stereocenters. The zero-order valence-corrected chi connectivity index (χ0v) is 18.3. The normalized spacial score (nSPS) is 31.4. The summed E-state index contributed by atoms with van der Waals surface area (Å²) >= 11 is 0. The number of aliphatic hydroxyl groups is 1. The SMILES string of the molecule is CC(=O)OC[C@@]1(C)CCC[C@]2(CO)C3=C(C[C@@H](OC(=O)c4ccc(O)cc4)[C@H]12)C(=O)OC3. The summed E-state index contributed by atoms with van der Waals surface area (Å²) < 4.78 is 16.7. The molecule has 1 aromatic carbocycles. The molecule has 172 valence electrons. The molecule has 1 heterocycles. The molecule has 2 N–H and O–H groups in total. The first kappa shape index (κ1) is 22.3. The van der Waals surface area contributed by atoms with E-state index in [1.54, 1.807) is 0 Å². The van der Waals surface area contributed by atoms with Gasteiger partial charge in [-0.3, -0.25) is 4.79 Å². The molecule has 8 nitrogen and oxygen atoms in total. The second kappa shape index (κ2) is 8.24. The van der Waals surface area contributed by atoms with Crippen LogP contribution in [0.2, 0.25) is 0 Å². The number of esters is 3. The number of carbonyl (C=O) groups excluding carboxylic acids is 3. The minimum absolute atomic E-state index is 0.0308. The van der Waals surface area contributed by atoms with Crippen LogP contribution >= 0.6 is 0 Å². The number of fused-ring (bicyclic) bond motifs is 2. The van der Waals surface area contributed by atoms with E-state index in [0.717, 1.165) is 18.4 Å². The number of phenols is 1. The molecule has 0 aromatic heterocycles. The lowest BCUT2D eigenvalue weighted by atomic mass is 9.48. The Hall–Kier alpha value is -2.87. The predicted octanol–water partition coefficient (Wildman–Crippen LogP) is 2.52. The summed E-state index contributed by atoms with van der Waals surface area (Å²) in [6, 6.07) is 5.73. The van der Waals surface area contributed by atoms with Crippen molar-refractivity contribution in [3.8, 4) is 5.75 Å². The quantitative estimate of drug-likeness (QED) is 0.525. The molecule has 0 saturated heterocycles. The van der Waals surface area contributed by atoms with Crippen molar-refractivity contribution in [2.75, 3.05) is 19.8 Å². The molecule has 0 unspecified atom stereocenters. The second-order valence-corrected chi connectivity index (χ2v) is 9.31. The molecule has 3 aliphatic rings. The smallest absolute Gasteiger partial charge is 0.338 e. The van der Waals surface area contributed by atoms with E-state index in [1.165, 1.54) is 31.2 Å². The number of cyclic esters (lactones) is 1. The van der Waals surface area contributed by atoms with Crippen LogP contribution in [0.4, 0.5) is 0 Å². The van der Waals surface area contributed by atoms with Crippen molar-refractivity contribution >= 4 is 17.9 Å². The van der Waals surface area contributed by atoms with Gasteiger partial charge in [-0.1, -0.05) is 13.3 Å². The van der Waals surface area contributed by atoms with Crippen molar-refractivity contribution < 1.29 is 38.8 Å². The van der Waals surface area contributed by atoms with Gasteiger partial charge in [-0.2, -0.15) is 0 Å². The van der Waals surface area contributed by atoms with Gasteiger partial charge in [0.2, 0.25) is 0 Å². The first-order valence-corrected chi connectivity index (χ1v) is 10.8. The fourth-order valence-electron chi connectivity index (χ4n) is 5.95. The standard InChI is InChI=1S/C24H28O8/c1-14(26)31-13-23(2)8-3-9-24(12-25)18-11-30-22(29)17(18)10-19(20(23)24)32-21(28)15-4-6-16(27)7-5-15/h4-7,19-20,25,27H,3,8-13H2,1-2H3/t19-,20-,23-,24+/m1/s1. The summed E-state index contributed by atoms with van der Waals surface area (Å²) in [4.78, 5) is 37.0. The zero-order valence-electron chi connectivity index (χ0n) is 18.3. The van der Waals surface area contributed by atoms with Gasteiger partial charge in [0, 0.05) is 35.7 Å². The Kier molecular flexibility index (Phi) is 5.75. The number of carbonyl (C=O) groups is 3. The zero-order chi connectivity index (χ0) is 23.1. The van der Waals surface area contributed by atoms with E-state index >= 15 is 0 Å². The number of aliphatic hydroxyl groups excluding tert-OH is 1. The van der Waals surface area contributed by atoms with E-state index in [0.29, 0.717) is 12.0 Å². The fourth-order valence-corrected chi connectivity index (χ4v) is 5.95. The van der Waals surface area contributed by atoms with Crippen LogP contribution in [0, 0.1) is 16.7 Å². The lowest BCUT2D eigenvalue weighted by molar-refractivity contribution is -0.159. The highest BCUT2D eigenvalue weighted by Crippen LogP contribution is 2.61. The summed E-state index contributed by atoms with van der Waals surface area (Å²) in [7, 11) is 0. The second-order valence-electron chi connectivity index (χ2n) is 9.31. The molecule has 1 aliphatic heterocycles. The predicted molar refractivity (Wildman–Crippen MR) is 112 cm³/mol. The highest BCUT2D eigenvalue weighted by Gasteiger charge is 2.62. The number of hydrogen-bond acceptors (Lipinski definition) is 8. The van der Waals surface area contributed by atoms with Crippen molar-refractivity contribution in [3.63, 3.8) is 0 Å². The van der Waals surface area contributed by atoms with Crippen LogP contribution in [0.1, 0.15) is 49.9 Å². The van der Waals surface area contributed by atoms with Crippen LogP contribution < -0.4 is 0 Å². The van der Waals surface area contributed by atoms with Crippen LogP contribution in [-0.2, 0) is 23.8 Å². The lowest BCUT2D eigenvalue weighted by Crippen LogP contribution is -2.58. The van der Waals surface area contributed by atoms with Crippen LogP contribution in [0.25, 0.3) is 0 Å². The van der Waals surface area contributed by atoms with Crippen molar-refractivity contribution in [2.24, 2.45) is 16.7 Å². The number of aromatic hydroxyl groups is 1. The van der Waals surface area contributed by atoms with Gasteiger partial charge in [-0.15, -0.1) is 0 Å². The summed E-state index contributed by atoms with van der Waals surface area (Å²) in [5.74, 6) is -1.77. The first-order valence-electron chi connectivity index (χ1n) is 10.8. The van der Waals surface area contributed by atoms with E-state index in [9.17, 15) is 24.6 Å². The topological polar surface area (TPSA) is 119 Å². The van der Waals surface area contributed by atoms with Gasteiger partial charge in [0.15, 0.2) is 0 Å². The molecule has 0 amide bonds. The van der Waals surface area contributed by atoms with Crippen LogP contribution in [0.3, 0.4) is 0 Å². The molecular formula is C24H28O8. The number of benzene rings is 1. The Balaban J connectivity index is 1.75. The monoisotopic (exact) mass is 444 g/mol. The lowest BCUT2D eigenvalue weighted by Gasteiger charge is -2.57. The molecule has 0 bridgehead atoms. The minimum Gasteiger partial charge on any atom is -0.508 e. The van der Waals surface area contributed by atoms with Gasteiger partial charge >= 0.3 is 17.9 Å². The average molecular weight is 444 g/mol. The Morgan fingerprint density at radius 3 is 2.59 bits per heavy atom. The van der Waals surface area contributed by atoms with E-state index in [2.05, 4.69) is 0 Å². The third-order valence-corrected chi connectivity index (χ3v) is 7.30. The van der Waals surface area contributed by atoms with E-state index in [1.807, 2.05) is 6.92 Å². The van der Waals surface area contributed by atoms with E-state index in [4.69, 9.17) is 14.2 Å². The molecule has 4 rings (SSSR count). The van der Waals surface area contributed by atoms with E-state index < -0.39 is 34.8 Å². The van der Waals surface area contributed by atoms with Crippen molar-refractivity contribution in [1.29, 1.82) is 0 Å². The molecule has 0 spiro atoms. The van der Waals surface area contributed by atoms with Crippen molar-refractivity contribution in [3.05, 3.63) is 41.0 Å². The van der Waals surface area contributed by atoms with Gasteiger partial charge in [0.25, 0.3) is 0 Å². The molecule has 1 aromatic rings. The summed E-state index contributed by atoms with van der Waals surface area (Å²) in [6.07, 6.45) is 1.57. The Morgan fingerprint density at radius 1 is 1.22 bits per heavy atom. The van der Waals surface area contributed by atoms with E-state index in [-0.39, 0.29) is 43.5 Å². The average Bonchev–Trinajstić information content (AvgIpc) is 3.14. The van der Waals surface area contributed by atoms with Crippen LogP contribution in [0.5, 0.6) is 5.75 Å². The van der Waals surface area contributed by atoms with Gasteiger partial charge in [0.05, 0.1) is 18.8 Å². The Labute approximate surface area is 186 Å². The van der Waals surface area contributed by atoms with Crippen molar-refractivity contribution in [2.45, 2.75) is 45.6 Å². The molecule has 2 aliphatic carbocycles. The summed E-state index contributed by atoms with van der Waals surface area (Å²) in [5.41, 5.74) is 0.142. The van der Waals surface area contributed by atoms with Crippen LogP contribution in [0.15, 0.2) is 35.4 Å². The Bertz CT molecular complexity index is 965. The molecule has 8 heteroatoms. The third-order valence-electron chi connectivity index (χ3n) is 7.30. The fraction of sp³-hybridized carbons (Fsp3) is 0.542. The maximum atomic E-state index is 13.0. The first-order chi connectivity index (χ1) is 15.2. The van der Waals surface area contributed by atoms with Gasteiger partial charge < -0.3 is 24.4 Å². The van der Waals surface area contributed by atoms with Crippen LogP contribution in [-0.4, -0.2) is 54.0 Å². The van der Waals surface area contributed by atoms with Gasteiger partial charge in [-0.25, -0.2) is 9.59 Å². The Morgan fingerprint density at radius 2 is 1.94 bits per heavy atom. The van der Waals surface area contributed by atoms with Gasteiger partial charge in [-0.05, 0) is 42.7 Å². The minimum atomic E-state index is -0.799. The highest BCUT2D eigenvalue weighted by atomic mass is 16.6. The maximum absolute atomic E-state index is 13.0. The van der Waals surface area contributed by atoms with Crippen molar-refractivity contribution in [1.82, 2.24) is 0 Å². The molecule has 1 fully saturated rings. The molecular weight excluding hydrogens is 416 g/mol.